The highest BCUT2D eigenvalue weighted by molar-refractivity contribution is 5.89. The molecule has 6 nitrogen and oxygen atoms in total. The highest BCUT2D eigenvalue weighted by atomic mass is 15.1. The molecule has 2 aromatic heterocycles. The van der Waals surface area contributed by atoms with Crippen molar-refractivity contribution >= 4 is 22.7 Å². The first-order chi connectivity index (χ1) is 13.4. The molecule has 0 saturated heterocycles. The fourth-order valence-electron chi connectivity index (χ4n) is 3.80. The molecule has 4 rings (SSSR count). The van der Waals surface area contributed by atoms with Crippen molar-refractivity contribution in [2.24, 2.45) is 5.92 Å². The third kappa shape index (κ3) is 4.76. The molecular formula is C21H28N6. The van der Waals surface area contributed by atoms with Crippen molar-refractivity contribution in [3.05, 3.63) is 43.0 Å². The quantitative estimate of drug-likeness (QED) is 0.583. The SMILES string of the molecule is c1ccc2c(NCCCn3ccnc3)nc(NCC3CCCCC3)nc2c1. The molecule has 0 atom stereocenters. The van der Waals surface area contributed by atoms with Gasteiger partial charge in [-0.3, -0.25) is 0 Å². The molecule has 2 heterocycles. The number of nitrogens with zero attached hydrogens (tertiary/aromatic N) is 4. The van der Waals surface area contributed by atoms with E-state index >= 15 is 0 Å². The summed E-state index contributed by atoms with van der Waals surface area (Å²) in [6, 6.07) is 8.21. The molecule has 1 fully saturated rings. The maximum absolute atomic E-state index is 4.77. The molecule has 0 amide bonds. The van der Waals surface area contributed by atoms with Gasteiger partial charge in [0, 0.05) is 37.4 Å². The molecule has 0 spiro atoms. The fourth-order valence-corrected chi connectivity index (χ4v) is 3.80. The van der Waals surface area contributed by atoms with Gasteiger partial charge < -0.3 is 15.2 Å². The standard InChI is InChI=1S/C21H28N6/c1-2-7-17(8-3-1)15-24-21-25-19-10-5-4-9-18(19)20(26-21)23-11-6-13-27-14-12-22-16-27/h4-5,9-10,12,14,16-17H,1-3,6-8,11,13,15H2,(H2,23,24,25,26). The molecule has 1 saturated carbocycles. The number of nitrogens with one attached hydrogen (secondary N) is 2. The van der Waals surface area contributed by atoms with Crippen LogP contribution < -0.4 is 10.6 Å². The molecule has 1 aliphatic rings. The Morgan fingerprint density at radius 1 is 1.04 bits per heavy atom. The van der Waals surface area contributed by atoms with Gasteiger partial charge in [0.2, 0.25) is 5.95 Å². The zero-order valence-corrected chi connectivity index (χ0v) is 15.8. The van der Waals surface area contributed by atoms with Crippen LogP contribution in [0.5, 0.6) is 0 Å². The van der Waals surface area contributed by atoms with Crippen LogP contribution in [0.15, 0.2) is 43.0 Å². The molecule has 0 radical (unpaired) electrons. The molecule has 0 aliphatic heterocycles. The maximum atomic E-state index is 4.77. The second kappa shape index (κ2) is 8.84. The third-order valence-electron chi connectivity index (χ3n) is 5.32. The van der Waals surface area contributed by atoms with Crippen LogP contribution >= 0.6 is 0 Å². The first-order valence-electron chi connectivity index (χ1n) is 10.1. The predicted molar refractivity (Wildman–Crippen MR) is 110 cm³/mol. The Bertz CT molecular complexity index is 839. The molecule has 2 N–H and O–H groups in total. The smallest absolute Gasteiger partial charge is 0.225 e. The van der Waals surface area contributed by atoms with Crippen LogP contribution in [0.3, 0.4) is 0 Å². The number of anilines is 2. The van der Waals surface area contributed by atoms with Gasteiger partial charge in [0.25, 0.3) is 0 Å². The number of rotatable bonds is 8. The molecular weight excluding hydrogens is 336 g/mol. The fraction of sp³-hybridized carbons (Fsp3) is 0.476. The Balaban J connectivity index is 1.41. The number of fused-ring (bicyclic) bond motifs is 1. The minimum absolute atomic E-state index is 0.733. The lowest BCUT2D eigenvalue weighted by Crippen LogP contribution is -2.18. The summed E-state index contributed by atoms with van der Waals surface area (Å²) in [7, 11) is 0. The number of hydrogen-bond acceptors (Lipinski definition) is 5. The van der Waals surface area contributed by atoms with E-state index in [0.29, 0.717) is 0 Å². The maximum Gasteiger partial charge on any atom is 0.225 e. The van der Waals surface area contributed by atoms with Gasteiger partial charge in [-0.2, -0.15) is 4.98 Å². The summed E-state index contributed by atoms with van der Waals surface area (Å²) in [6.07, 6.45) is 13.4. The molecule has 3 aromatic rings. The molecule has 0 unspecified atom stereocenters. The minimum Gasteiger partial charge on any atom is -0.369 e. The van der Waals surface area contributed by atoms with Gasteiger partial charge in [0.05, 0.1) is 11.8 Å². The van der Waals surface area contributed by atoms with E-state index in [1.165, 1.54) is 32.1 Å². The van der Waals surface area contributed by atoms with Crippen molar-refractivity contribution in [2.75, 3.05) is 23.7 Å². The van der Waals surface area contributed by atoms with Gasteiger partial charge >= 0.3 is 0 Å². The average Bonchev–Trinajstić information content (AvgIpc) is 3.24. The van der Waals surface area contributed by atoms with E-state index in [2.05, 4.69) is 32.3 Å². The van der Waals surface area contributed by atoms with Gasteiger partial charge in [-0.05, 0) is 37.3 Å². The van der Waals surface area contributed by atoms with Gasteiger partial charge in [0.15, 0.2) is 0 Å². The van der Waals surface area contributed by atoms with Gasteiger partial charge in [-0.1, -0.05) is 31.4 Å². The van der Waals surface area contributed by atoms with Crippen LogP contribution in [0.4, 0.5) is 11.8 Å². The summed E-state index contributed by atoms with van der Waals surface area (Å²) in [4.78, 5) is 13.6. The van der Waals surface area contributed by atoms with Crippen molar-refractivity contribution in [3.8, 4) is 0 Å². The number of hydrogen-bond donors (Lipinski definition) is 2. The van der Waals surface area contributed by atoms with Crippen LogP contribution in [-0.4, -0.2) is 32.6 Å². The first kappa shape index (κ1) is 17.8. The lowest BCUT2D eigenvalue weighted by molar-refractivity contribution is 0.373. The van der Waals surface area contributed by atoms with E-state index in [-0.39, 0.29) is 0 Å². The van der Waals surface area contributed by atoms with Crippen LogP contribution in [0.1, 0.15) is 38.5 Å². The van der Waals surface area contributed by atoms with Crippen molar-refractivity contribution < 1.29 is 0 Å². The monoisotopic (exact) mass is 364 g/mol. The summed E-state index contributed by atoms with van der Waals surface area (Å²) >= 11 is 0. The average molecular weight is 364 g/mol. The topological polar surface area (TPSA) is 67.7 Å². The van der Waals surface area contributed by atoms with E-state index in [1.807, 2.05) is 30.9 Å². The van der Waals surface area contributed by atoms with E-state index < -0.39 is 0 Å². The summed E-state index contributed by atoms with van der Waals surface area (Å²) in [5.41, 5.74) is 0.982. The van der Waals surface area contributed by atoms with E-state index in [0.717, 1.165) is 54.6 Å². The second-order valence-corrected chi connectivity index (χ2v) is 7.38. The van der Waals surface area contributed by atoms with Crippen molar-refractivity contribution in [1.29, 1.82) is 0 Å². The number of imidazole rings is 1. The Morgan fingerprint density at radius 2 is 1.93 bits per heavy atom. The normalized spacial score (nSPS) is 15.1. The van der Waals surface area contributed by atoms with E-state index in [4.69, 9.17) is 9.97 Å². The lowest BCUT2D eigenvalue weighted by Gasteiger charge is -2.22. The Labute approximate surface area is 160 Å². The largest absolute Gasteiger partial charge is 0.369 e. The van der Waals surface area contributed by atoms with Gasteiger partial charge in [0.1, 0.15) is 5.82 Å². The first-order valence-corrected chi connectivity index (χ1v) is 10.1. The molecule has 1 aromatic carbocycles. The second-order valence-electron chi connectivity index (χ2n) is 7.38. The number of aromatic nitrogens is 4. The lowest BCUT2D eigenvalue weighted by atomic mass is 9.89. The molecule has 27 heavy (non-hydrogen) atoms. The summed E-state index contributed by atoms with van der Waals surface area (Å²) in [5, 5.41) is 8.06. The Kier molecular flexibility index (Phi) is 5.82. The predicted octanol–water partition coefficient (Wildman–Crippen LogP) is 4.32. The van der Waals surface area contributed by atoms with Gasteiger partial charge in [-0.15, -0.1) is 0 Å². The van der Waals surface area contributed by atoms with Crippen LogP contribution in [0.2, 0.25) is 0 Å². The zero-order chi connectivity index (χ0) is 18.3. The highest BCUT2D eigenvalue weighted by Crippen LogP contribution is 2.25. The highest BCUT2D eigenvalue weighted by Gasteiger charge is 2.14. The van der Waals surface area contributed by atoms with Crippen LogP contribution in [0.25, 0.3) is 10.9 Å². The number of aryl methyl sites for hydroxylation is 1. The van der Waals surface area contributed by atoms with Crippen molar-refractivity contribution in [2.45, 2.75) is 45.1 Å². The summed E-state index contributed by atoms with van der Waals surface area (Å²) < 4.78 is 2.09. The molecule has 1 aliphatic carbocycles. The molecule has 0 bridgehead atoms. The molecule has 142 valence electrons. The zero-order valence-electron chi connectivity index (χ0n) is 15.8. The Hall–Kier alpha value is -2.63. The number of benzene rings is 1. The molecule has 6 heteroatoms. The van der Waals surface area contributed by atoms with E-state index in [9.17, 15) is 0 Å². The Morgan fingerprint density at radius 3 is 2.78 bits per heavy atom. The summed E-state index contributed by atoms with van der Waals surface area (Å²) in [6.45, 7) is 2.78. The van der Waals surface area contributed by atoms with Gasteiger partial charge in [-0.25, -0.2) is 9.97 Å². The third-order valence-corrected chi connectivity index (χ3v) is 5.32. The minimum atomic E-state index is 0.733. The van der Waals surface area contributed by atoms with Crippen LogP contribution in [0, 0.1) is 5.92 Å². The van der Waals surface area contributed by atoms with E-state index in [1.54, 1.807) is 0 Å². The van der Waals surface area contributed by atoms with Crippen molar-refractivity contribution in [3.63, 3.8) is 0 Å². The number of para-hydroxylation sites is 1. The summed E-state index contributed by atoms with van der Waals surface area (Å²) in [5.74, 6) is 2.40. The van der Waals surface area contributed by atoms with Crippen molar-refractivity contribution in [1.82, 2.24) is 19.5 Å². The van der Waals surface area contributed by atoms with Crippen LogP contribution in [-0.2, 0) is 6.54 Å².